The number of nitrogens with two attached hydrogens (primary N) is 1. The lowest BCUT2D eigenvalue weighted by Crippen LogP contribution is -2.15. The van der Waals surface area contributed by atoms with Crippen LogP contribution in [0, 0.1) is 11.8 Å². The van der Waals surface area contributed by atoms with Crippen LogP contribution >= 0.6 is 0 Å². The molecule has 2 atom stereocenters. The number of rotatable bonds is 2. The summed E-state index contributed by atoms with van der Waals surface area (Å²) in [5.41, 5.74) is 5.49. The standard InChI is InChI=1S/C8H15NO2/c1-11-8(10)7-3-2-6(4-7)5-9/h6-7H,2-5,9H2,1H3/t6-,7-/m1/s1. The molecule has 2 N–H and O–H groups in total. The molecule has 0 aromatic carbocycles. The van der Waals surface area contributed by atoms with Gasteiger partial charge in [0.15, 0.2) is 0 Å². The van der Waals surface area contributed by atoms with E-state index in [4.69, 9.17) is 5.73 Å². The van der Waals surface area contributed by atoms with Gasteiger partial charge in [0.2, 0.25) is 0 Å². The minimum Gasteiger partial charge on any atom is -0.469 e. The lowest BCUT2D eigenvalue weighted by molar-refractivity contribution is -0.145. The van der Waals surface area contributed by atoms with E-state index in [1.165, 1.54) is 7.11 Å². The van der Waals surface area contributed by atoms with E-state index >= 15 is 0 Å². The average molecular weight is 157 g/mol. The molecule has 64 valence electrons. The first-order chi connectivity index (χ1) is 5.27. The molecular formula is C8H15NO2. The fourth-order valence-electron chi connectivity index (χ4n) is 1.67. The molecule has 0 amide bonds. The molecule has 0 aromatic rings. The van der Waals surface area contributed by atoms with Gasteiger partial charge in [0, 0.05) is 0 Å². The SMILES string of the molecule is COC(=O)[C@@H]1CC[C@@H](CN)C1. The smallest absolute Gasteiger partial charge is 0.308 e. The minimum absolute atomic E-state index is 0.0686. The molecule has 0 aliphatic heterocycles. The maximum atomic E-state index is 11.0. The summed E-state index contributed by atoms with van der Waals surface area (Å²) >= 11 is 0. The Balaban J connectivity index is 2.35. The van der Waals surface area contributed by atoms with Crippen molar-refractivity contribution < 1.29 is 9.53 Å². The Labute approximate surface area is 66.9 Å². The Bertz CT molecular complexity index is 147. The van der Waals surface area contributed by atoms with Crippen LogP contribution in [0.5, 0.6) is 0 Å². The zero-order valence-corrected chi connectivity index (χ0v) is 6.88. The number of methoxy groups -OCH3 is 1. The normalized spacial score (nSPS) is 30.4. The van der Waals surface area contributed by atoms with Crippen LogP contribution in [0.1, 0.15) is 19.3 Å². The van der Waals surface area contributed by atoms with Gasteiger partial charge in [-0.1, -0.05) is 0 Å². The fourth-order valence-corrected chi connectivity index (χ4v) is 1.67. The van der Waals surface area contributed by atoms with Crippen molar-refractivity contribution in [2.75, 3.05) is 13.7 Å². The Morgan fingerprint density at radius 3 is 2.82 bits per heavy atom. The number of esters is 1. The van der Waals surface area contributed by atoms with Crippen molar-refractivity contribution in [2.45, 2.75) is 19.3 Å². The highest BCUT2D eigenvalue weighted by Crippen LogP contribution is 2.30. The van der Waals surface area contributed by atoms with E-state index in [9.17, 15) is 4.79 Å². The summed E-state index contributed by atoms with van der Waals surface area (Å²) in [4.78, 5) is 11.0. The number of ether oxygens (including phenoxy) is 1. The Morgan fingerprint density at radius 1 is 1.64 bits per heavy atom. The summed E-state index contributed by atoms with van der Waals surface area (Å²) in [6.07, 6.45) is 2.95. The summed E-state index contributed by atoms with van der Waals surface area (Å²) in [5, 5.41) is 0. The first-order valence-electron chi connectivity index (χ1n) is 4.05. The molecule has 1 aliphatic rings. The summed E-state index contributed by atoms with van der Waals surface area (Å²) in [6.45, 7) is 0.702. The van der Waals surface area contributed by atoms with Gasteiger partial charge < -0.3 is 10.5 Å². The Kier molecular flexibility index (Phi) is 2.88. The lowest BCUT2D eigenvalue weighted by Gasteiger charge is -2.06. The fraction of sp³-hybridized carbons (Fsp3) is 0.875. The largest absolute Gasteiger partial charge is 0.469 e. The van der Waals surface area contributed by atoms with Crippen molar-refractivity contribution >= 4 is 5.97 Å². The van der Waals surface area contributed by atoms with E-state index in [2.05, 4.69) is 4.74 Å². The Morgan fingerprint density at radius 2 is 2.36 bits per heavy atom. The molecule has 0 unspecified atom stereocenters. The van der Waals surface area contributed by atoms with Crippen LogP contribution in [0.2, 0.25) is 0 Å². The van der Waals surface area contributed by atoms with Crippen LogP contribution in [0.3, 0.4) is 0 Å². The molecular weight excluding hydrogens is 142 g/mol. The molecule has 0 saturated heterocycles. The number of carbonyl (C=O) groups is 1. The highest BCUT2D eigenvalue weighted by Gasteiger charge is 2.29. The van der Waals surface area contributed by atoms with E-state index < -0.39 is 0 Å². The third kappa shape index (κ3) is 1.93. The van der Waals surface area contributed by atoms with Crippen molar-refractivity contribution in [1.82, 2.24) is 0 Å². The predicted octanol–water partition coefficient (Wildman–Crippen LogP) is 0.534. The highest BCUT2D eigenvalue weighted by molar-refractivity contribution is 5.72. The second-order valence-electron chi connectivity index (χ2n) is 3.13. The number of hydrogen-bond acceptors (Lipinski definition) is 3. The first-order valence-corrected chi connectivity index (χ1v) is 4.05. The number of carbonyl (C=O) groups excluding carboxylic acids is 1. The third-order valence-corrected chi connectivity index (χ3v) is 2.41. The van der Waals surface area contributed by atoms with Gasteiger partial charge in [-0.25, -0.2) is 0 Å². The van der Waals surface area contributed by atoms with Crippen molar-refractivity contribution in [2.24, 2.45) is 17.6 Å². The molecule has 0 radical (unpaired) electrons. The molecule has 1 rings (SSSR count). The summed E-state index contributed by atoms with van der Waals surface area (Å²) < 4.78 is 4.65. The van der Waals surface area contributed by atoms with Crippen LogP contribution < -0.4 is 5.73 Å². The zero-order valence-electron chi connectivity index (χ0n) is 6.88. The zero-order chi connectivity index (χ0) is 8.27. The molecule has 11 heavy (non-hydrogen) atoms. The summed E-state index contributed by atoms with van der Waals surface area (Å²) in [7, 11) is 1.44. The second-order valence-corrected chi connectivity index (χ2v) is 3.13. The monoisotopic (exact) mass is 157 g/mol. The van der Waals surface area contributed by atoms with Crippen molar-refractivity contribution in [3.63, 3.8) is 0 Å². The summed E-state index contributed by atoms with van der Waals surface area (Å²) in [6, 6.07) is 0. The van der Waals surface area contributed by atoms with E-state index in [1.54, 1.807) is 0 Å². The van der Waals surface area contributed by atoms with Crippen molar-refractivity contribution in [3.05, 3.63) is 0 Å². The predicted molar refractivity (Wildman–Crippen MR) is 41.9 cm³/mol. The molecule has 1 saturated carbocycles. The quantitative estimate of drug-likeness (QED) is 0.595. The maximum Gasteiger partial charge on any atom is 0.308 e. The summed E-state index contributed by atoms with van der Waals surface area (Å²) in [5.74, 6) is 0.591. The van der Waals surface area contributed by atoms with E-state index in [0.717, 1.165) is 19.3 Å². The van der Waals surface area contributed by atoms with Gasteiger partial charge in [0.25, 0.3) is 0 Å². The second kappa shape index (κ2) is 3.72. The topological polar surface area (TPSA) is 52.3 Å². The molecule has 0 heterocycles. The third-order valence-electron chi connectivity index (χ3n) is 2.41. The maximum absolute atomic E-state index is 11.0. The van der Waals surface area contributed by atoms with Crippen LogP contribution in [-0.4, -0.2) is 19.6 Å². The van der Waals surface area contributed by atoms with E-state index in [-0.39, 0.29) is 11.9 Å². The van der Waals surface area contributed by atoms with Crippen molar-refractivity contribution in [1.29, 1.82) is 0 Å². The first kappa shape index (κ1) is 8.53. The molecule has 1 aliphatic carbocycles. The lowest BCUT2D eigenvalue weighted by atomic mass is 10.1. The Hall–Kier alpha value is -0.570. The van der Waals surface area contributed by atoms with Gasteiger partial charge in [-0.3, -0.25) is 4.79 Å². The molecule has 1 fully saturated rings. The number of hydrogen-bond donors (Lipinski definition) is 1. The van der Waals surface area contributed by atoms with Gasteiger partial charge in [-0.15, -0.1) is 0 Å². The van der Waals surface area contributed by atoms with Gasteiger partial charge in [-0.2, -0.15) is 0 Å². The molecule has 0 spiro atoms. The van der Waals surface area contributed by atoms with Crippen LogP contribution in [0.25, 0.3) is 0 Å². The van der Waals surface area contributed by atoms with Gasteiger partial charge in [0.1, 0.15) is 0 Å². The van der Waals surface area contributed by atoms with Gasteiger partial charge in [-0.05, 0) is 31.7 Å². The molecule has 0 aromatic heterocycles. The van der Waals surface area contributed by atoms with Gasteiger partial charge in [0.05, 0.1) is 13.0 Å². The average Bonchev–Trinajstić information content (AvgIpc) is 2.50. The van der Waals surface area contributed by atoms with Gasteiger partial charge >= 0.3 is 5.97 Å². The minimum atomic E-state index is -0.0686. The van der Waals surface area contributed by atoms with Crippen molar-refractivity contribution in [3.8, 4) is 0 Å². The molecule has 0 bridgehead atoms. The molecule has 3 heteroatoms. The molecule has 3 nitrogen and oxygen atoms in total. The van der Waals surface area contributed by atoms with Crippen LogP contribution in [0.15, 0.2) is 0 Å². The van der Waals surface area contributed by atoms with Crippen LogP contribution in [0.4, 0.5) is 0 Å². The highest BCUT2D eigenvalue weighted by atomic mass is 16.5. The van der Waals surface area contributed by atoms with E-state index in [1.807, 2.05) is 0 Å². The van der Waals surface area contributed by atoms with Crippen LogP contribution in [-0.2, 0) is 9.53 Å². The van der Waals surface area contributed by atoms with E-state index in [0.29, 0.717) is 12.5 Å².